The van der Waals surface area contributed by atoms with Gasteiger partial charge >= 0.3 is 5.97 Å². The number of ether oxygens (including phenoxy) is 1. The van der Waals surface area contributed by atoms with Gasteiger partial charge in [-0.2, -0.15) is 0 Å². The van der Waals surface area contributed by atoms with E-state index in [9.17, 15) is 14.0 Å². The Hall–Kier alpha value is -3.28. The molecule has 0 radical (unpaired) electrons. The highest BCUT2D eigenvalue weighted by Crippen LogP contribution is 2.30. The highest BCUT2D eigenvalue weighted by atomic mass is 19.1. The van der Waals surface area contributed by atoms with Crippen LogP contribution in [-0.2, 0) is 28.9 Å². The molecule has 0 aliphatic heterocycles. The molecule has 1 amide bonds. The molecule has 5 nitrogen and oxygen atoms in total. The van der Waals surface area contributed by atoms with Crippen LogP contribution in [0.25, 0.3) is 10.9 Å². The fraction of sp³-hybridized carbons (Fsp3) is 0.227. The molecule has 0 unspecified atom stereocenters. The van der Waals surface area contributed by atoms with Crippen molar-refractivity contribution in [3.05, 3.63) is 76.7 Å². The topological polar surface area (TPSA) is 68.3 Å². The predicted octanol–water partition coefficient (Wildman–Crippen LogP) is 3.34. The smallest absolute Gasteiger partial charge is 0.339 e. The number of aromatic nitrogens is 1. The molecule has 0 saturated heterocycles. The Balaban J connectivity index is 1.46. The molecule has 0 fully saturated rings. The van der Waals surface area contributed by atoms with Crippen molar-refractivity contribution in [2.24, 2.45) is 0 Å². The fourth-order valence-electron chi connectivity index (χ4n) is 3.53. The fourth-order valence-corrected chi connectivity index (χ4v) is 3.53. The van der Waals surface area contributed by atoms with E-state index < -0.39 is 24.3 Å². The Morgan fingerprint density at radius 3 is 2.71 bits per heavy atom. The van der Waals surface area contributed by atoms with E-state index in [0.29, 0.717) is 11.1 Å². The van der Waals surface area contributed by atoms with Crippen molar-refractivity contribution in [1.82, 2.24) is 10.3 Å². The number of esters is 1. The summed E-state index contributed by atoms with van der Waals surface area (Å²) in [5.74, 6) is -1.40. The standard InChI is InChI=1S/C22H19FN2O3/c23-17-9-3-1-6-14(17)12-24-20(26)13-28-22(27)21-15-7-2-4-10-18(15)25-19-11-5-8-16(19)21/h1-4,6-7,9-10H,5,8,11-13H2,(H,24,26). The zero-order valence-electron chi connectivity index (χ0n) is 15.2. The Morgan fingerprint density at radius 1 is 1.07 bits per heavy atom. The van der Waals surface area contributed by atoms with Crippen molar-refractivity contribution < 1.29 is 18.7 Å². The highest BCUT2D eigenvalue weighted by molar-refractivity contribution is 6.05. The van der Waals surface area contributed by atoms with Gasteiger partial charge in [0, 0.05) is 23.2 Å². The molecule has 6 heteroatoms. The lowest BCUT2D eigenvalue weighted by molar-refractivity contribution is -0.124. The number of carbonyl (C=O) groups excluding carboxylic acids is 2. The number of nitrogens with zero attached hydrogens (tertiary/aromatic N) is 1. The molecule has 0 saturated carbocycles. The van der Waals surface area contributed by atoms with Crippen molar-refractivity contribution in [2.75, 3.05) is 6.61 Å². The van der Waals surface area contributed by atoms with Gasteiger partial charge in [0.25, 0.3) is 5.91 Å². The second kappa shape index (κ2) is 7.76. The van der Waals surface area contributed by atoms with Crippen LogP contribution >= 0.6 is 0 Å². The molecular formula is C22H19FN2O3. The lowest BCUT2D eigenvalue weighted by Crippen LogP contribution is -2.29. The monoisotopic (exact) mass is 378 g/mol. The van der Waals surface area contributed by atoms with Gasteiger partial charge in [-0.3, -0.25) is 9.78 Å². The van der Waals surface area contributed by atoms with Crippen LogP contribution in [-0.4, -0.2) is 23.5 Å². The molecule has 142 valence electrons. The van der Waals surface area contributed by atoms with Crippen molar-refractivity contribution in [1.29, 1.82) is 0 Å². The second-order valence-electron chi connectivity index (χ2n) is 6.73. The molecule has 0 bridgehead atoms. The molecule has 0 atom stereocenters. The maximum atomic E-state index is 13.6. The maximum Gasteiger partial charge on any atom is 0.339 e. The van der Waals surface area contributed by atoms with E-state index in [1.165, 1.54) is 6.07 Å². The molecule has 0 spiro atoms. The van der Waals surface area contributed by atoms with Gasteiger partial charge in [0.2, 0.25) is 0 Å². The van der Waals surface area contributed by atoms with Gasteiger partial charge in [-0.05, 0) is 37.0 Å². The summed E-state index contributed by atoms with van der Waals surface area (Å²) in [6.07, 6.45) is 2.56. The summed E-state index contributed by atoms with van der Waals surface area (Å²) in [6, 6.07) is 13.6. The number of rotatable bonds is 5. The summed E-state index contributed by atoms with van der Waals surface area (Å²) in [5.41, 5.74) is 3.46. The first-order valence-electron chi connectivity index (χ1n) is 9.21. The summed E-state index contributed by atoms with van der Waals surface area (Å²) in [6.45, 7) is -0.380. The first-order chi connectivity index (χ1) is 13.6. The van der Waals surface area contributed by atoms with Crippen molar-refractivity contribution in [3.8, 4) is 0 Å². The van der Waals surface area contributed by atoms with Crippen LogP contribution in [0.4, 0.5) is 4.39 Å². The largest absolute Gasteiger partial charge is 0.452 e. The molecule has 1 aliphatic rings. The number of aryl methyl sites for hydroxylation is 1. The van der Waals surface area contributed by atoms with Crippen LogP contribution < -0.4 is 5.32 Å². The molecular weight excluding hydrogens is 359 g/mol. The molecule has 28 heavy (non-hydrogen) atoms. The van der Waals surface area contributed by atoms with E-state index in [0.717, 1.165) is 41.4 Å². The minimum Gasteiger partial charge on any atom is -0.452 e. The summed E-state index contributed by atoms with van der Waals surface area (Å²) in [4.78, 5) is 29.4. The lowest BCUT2D eigenvalue weighted by atomic mass is 10.0. The predicted molar refractivity (Wildman–Crippen MR) is 102 cm³/mol. The van der Waals surface area contributed by atoms with Gasteiger partial charge in [-0.1, -0.05) is 36.4 Å². The van der Waals surface area contributed by atoms with Gasteiger partial charge in [-0.15, -0.1) is 0 Å². The molecule has 3 aromatic rings. The van der Waals surface area contributed by atoms with E-state index in [1.807, 2.05) is 24.3 Å². The van der Waals surface area contributed by atoms with Gasteiger partial charge in [0.15, 0.2) is 6.61 Å². The third-order valence-electron chi connectivity index (χ3n) is 4.89. The van der Waals surface area contributed by atoms with Gasteiger partial charge < -0.3 is 10.1 Å². The summed E-state index contributed by atoms with van der Waals surface area (Å²) in [5, 5.41) is 3.30. The average Bonchev–Trinajstić information content (AvgIpc) is 3.17. The Bertz CT molecular complexity index is 1060. The van der Waals surface area contributed by atoms with E-state index in [4.69, 9.17) is 4.74 Å². The number of amides is 1. The van der Waals surface area contributed by atoms with E-state index in [-0.39, 0.29) is 6.54 Å². The molecule has 1 aliphatic carbocycles. The molecule has 1 N–H and O–H groups in total. The number of hydrogen-bond acceptors (Lipinski definition) is 4. The number of nitrogens with one attached hydrogen (secondary N) is 1. The highest BCUT2D eigenvalue weighted by Gasteiger charge is 2.25. The molecule has 1 heterocycles. The van der Waals surface area contributed by atoms with E-state index in [1.54, 1.807) is 18.2 Å². The average molecular weight is 378 g/mol. The quantitative estimate of drug-likeness (QED) is 0.692. The summed E-state index contributed by atoms with van der Waals surface area (Å²) >= 11 is 0. The number of pyridine rings is 1. The van der Waals surface area contributed by atoms with E-state index >= 15 is 0 Å². The van der Waals surface area contributed by atoms with Crippen LogP contribution in [0.3, 0.4) is 0 Å². The number of fused-ring (bicyclic) bond motifs is 2. The van der Waals surface area contributed by atoms with Gasteiger partial charge in [0.1, 0.15) is 5.82 Å². The van der Waals surface area contributed by atoms with Gasteiger partial charge in [0.05, 0.1) is 11.1 Å². The number of hydrogen-bond donors (Lipinski definition) is 1. The number of carbonyl (C=O) groups is 2. The summed E-state index contributed by atoms with van der Waals surface area (Å²) in [7, 11) is 0. The SMILES string of the molecule is O=C(COC(=O)c1c2c(nc3ccccc13)CCC2)NCc1ccccc1F. The zero-order valence-corrected chi connectivity index (χ0v) is 15.2. The maximum absolute atomic E-state index is 13.6. The number of halogens is 1. The third-order valence-corrected chi connectivity index (χ3v) is 4.89. The first kappa shape index (κ1) is 18.1. The van der Waals surface area contributed by atoms with E-state index in [2.05, 4.69) is 10.3 Å². The molecule has 1 aromatic heterocycles. The van der Waals surface area contributed by atoms with Gasteiger partial charge in [-0.25, -0.2) is 9.18 Å². The lowest BCUT2D eigenvalue weighted by Gasteiger charge is -2.12. The van der Waals surface area contributed by atoms with Crippen LogP contribution in [0.15, 0.2) is 48.5 Å². The Kier molecular flexibility index (Phi) is 5.02. The van der Waals surface area contributed by atoms with Crippen molar-refractivity contribution in [2.45, 2.75) is 25.8 Å². The first-order valence-corrected chi connectivity index (χ1v) is 9.21. The Labute approximate surface area is 161 Å². The van der Waals surface area contributed by atoms with Crippen LogP contribution in [0.5, 0.6) is 0 Å². The molecule has 2 aromatic carbocycles. The van der Waals surface area contributed by atoms with Crippen LogP contribution in [0.1, 0.15) is 33.6 Å². The third kappa shape index (κ3) is 3.58. The number of benzene rings is 2. The summed E-state index contributed by atoms with van der Waals surface area (Å²) < 4.78 is 18.9. The van der Waals surface area contributed by atoms with Crippen LogP contribution in [0.2, 0.25) is 0 Å². The Morgan fingerprint density at radius 2 is 1.86 bits per heavy atom. The molecule has 4 rings (SSSR count). The van der Waals surface area contributed by atoms with Crippen LogP contribution in [0, 0.1) is 5.82 Å². The normalized spacial score (nSPS) is 12.6. The van der Waals surface area contributed by atoms with Crippen molar-refractivity contribution in [3.63, 3.8) is 0 Å². The minimum atomic E-state index is -0.530. The zero-order chi connectivity index (χ0) is 19.5. The minimum absolute atomic E-state index is 0.0383. The number of para-hydroxylation sites is 1. The second-order valence-corrected chi connectivity index (χ2v) is 6.73. The van der Waals surface area contributed by atoms with Crippen molar-refractivity contribution >= 4 is 22.8 Å².